The molecule has 2 aromatic rings. The van der Waals surface area contributed by atoms with Gasteiger partial charge in [-0.2, -0.15) is 0 Å². The maximum Gasteiger partial charge on any atom is 0.240 e. The molecule has 0 bridgehead atoms. The molecule has 0 aliphatic carbocycles. The number of fused-ring (bicyclic) bond motifs is 1. The summed E-state index contributed by atoms with van der Waals surface area (Å²) in [6, 6.07) is 16.5. The number of nitrogens with two attached hydrogens (primary N) is 3. The summed E-state index contributed by atoms with van der Waals surface area (Å²) in [6.45, 7) is 1.71. The monoisotopic (exact) mass is 507 g/mol. The van der Waals surface area contributed by atoms with Crippen LogP contribution in [0.3, 0.4) is 0 Å². The highest BCUT2D eigenvalue weighted by atomic mass is 16.2. The van der Waals surface area contributed by atoms with Crippen molar-refractivity contribution in [1.29, 1.82) is 0 Å². The van der Waals surface area contributed by atoms with Crippen LogP contribution >= 0.6 is 0 Å². The number of rotatable bonds is 14. The molecule has 9 nitrogen and oxygen atoms in total. The van der Waals surface area contributed by atoms with E-state index in [4.69, 9.17) is 17.2 Å². The van der Waals surface area contributed by atoms with Gasteiger partial charge in [-0.15, -0.1) is 0 Å². The van der Waals surface area contributed by atoms with Crippen LogP contribution in [0.5, 0.6) is 0 Å². The summed E-state index contributed by atoms with van der Waals surface area (Å²) in [5.41, 5.74) is 19.6. The molecule has 1 heterocycles. The Morgan fingerprint density at radius 3 is 2.24 bits per heavy atom. The van der Waals surface area contributed by atoms with E-state index in [1.807, 2.05) is 48.5 Å². The van der Waals surface area contributed by atoms with E-state index in [9.17, 15) is 19.2 Å². The topological polar surface area (TPSA) is 162 Å². The van der Waals surface area contributed by atoms with Gasteiger partial charge in [0.15, 0.2) is 5.78 Å². The zero-order valence-electron chi connectivity index (χ0n) is 21.1. The van der Waals surface area contributed by atoms with E-state index >= 15 is 0 Å². The van der Waals surface area contributed by atoms with Crippen molar-refractivity contribution in [2.45, 2.75) is 63.7 Å². The summed E-state index contributed by atoms with van der Waals surface area (Å²) in [4.78, 5) is 52.2. The fourth-order valence-corrected chi connectivity index (χ4v) is 4.83. The quantitative estimate of drug-likeness (QED) is 0.281. The number of carbonyl (C=O) groups is 4. The molecule has 2 aromatic carbocycles. The van der Waals surface area contributed by atoms with Gasteiger partial charge < -0.3 is 22.5 Å². The summed E-state index contributed by atoms with van der Waals surface area (Å²) < 4.78 is 0. The molecule has 198 valence electrons. The number of hydrogen-bond donors (Lipinski definition) is 4. The zero-order valence-corrected chi connectivity index (χ0v) is 21.1. The molecular formula is C28H37N5O4. The summed E-state index contributed by atoms with van der Waals surface area (Å²) in [5, 5.41) is 2.54. The van der Waals surface area contributed by atoms with Crippen molar-refractivity contribution in [2.75, 3.05) is 6.54 Å². The van der Waals surface area contributed by atoms with E-state index in [0.717, 1.165) is 11.1 Å². The van der Waals surface area contributed by atoms with Gasteiger partial charge in [0.2, 0.25) is 17.7 Å². The lowest BCUT2D eigenvalue weighted by Crippen LogP contribution is -2.50. The first kappa shape index (κ1) is 28.0. The van der Waals surface area contributed by atoms with Crippen LogP contribution in [-0.2, 0) is 38.7 Å². The number of unbranched alkanes of at least 4 members (excludes halogenated alkanes) is 1. The third-order valence-electron chi connectivity index (χ3n) is 6.84. The molecule has 0 aromatic heterocycles. The molecule has 3 rings (SSSR count). The lowest BCUT2D eigenvalue weighted by Gasteiger charge is -2.36. The van der Waals surface area contributed by atoms with E-state index < -0.39 is 42.1 Å². The van der Waals surface area contributed by atoms with Crippen LogP contribution in [0, 0.1) is 5.92 Å². The molecule has 1 aliphatic rings. The second-order valence-electron chi connectivity index (χ2n) is 9.67. The highest BCUT2D eigenvalue weighted by Gasteiger charge is 2.34. The maximum absolute atomic E-state index is 13.7. The van der Waals surface area contributed by atoms with Gasteiger partial charge in [0, 0.05) is 25.4 Å². The first-order valence-electron chi connectivity index (χ1n) is 12.7. The maximum atomic E-state index is 13.7. The number of carbonyl (C=O) groups excluding carboxylic acids is 4. The number of benzene rings is 2. The number of amides is 3. The van der Waals surface area contributed by atoms with Crippen molar-refractivity contribution >= 4 is 23.5 Å². The van der Waals surface area contributed by atoms with E-state index in [1.54, 1.807) is 0 Å². The van der Waals surface area contributed by atoms with Crippen molar-refractivity contribution in [2.24, 2.45) is 23.1 Å². The molecule has 3 amide bonds. The molecule has 7 N–H and O–H groups in total. The van der Waals surface area contributed by atoms with Gasteiger partial charge in [-0.3, -0.25) is 24.1 Å². The minimum absolute atomic E-state index is 0.0105. The van der Waals surface area contributed by atoms with Crippen molar-refractivity contribution in [1.82, 2.24) is 10.2 Å². The van der Waals surface area contributed by atoms with E-state index in [-0.39, 0.29) is 12.2 Å². The Hall–Kier alpha value is -3.56. The minimum atomic E-state index is -1.21. The van der Waals surface area contributed by atoms with Crippen molar-refractivity contribution in [3.63, 3.8) is 0 Å². The van der Waals surface area contributed by atoms with Gasteiger partial charge in [-0.1, -0.05) is 61.0 Å². The first-order valence-corrected chi connectivity index (χ1v) is 12.7. The minimum Gasteiger partial charge on any atom is -0.370 e. The third-order valence-corrected chi connectivity index (χ3v) is 6.84. The van der Waals surface area contributed by atoms with Crippen LogP contribution in [0.1, 0.15) is 48.8 Å². The molecule has 1 aliphatic heterocycles. The average Bonchev–Trinajstić information content (AvgIpc) is 2.87. The Bertz CT molecular complexity index is 1090. The number of hydrogen-bond acceptors (Lipinski definition) is 6. The Balaban J connectivity index is 1.79. The number of nitrogens with one attached hydrogen (secondary N) is 1. The summed E-state index contributed by atoms with van der Waals surface area (Å²) in [5.74, 6) is -2.80. The fourth-order valence-electron chi connectivity index (χ4n) is 4.83. The van der Waals surface area contributed by atoms with Gasteiger partial charge in [-0.25, -0.2) is 0 Å². The Morgan fingerprint density at radius 1 is 0.919 bits per heavy atom. The highest BCUT2D eigenvalue weighted by Crippen LogP contribution is 2.28. The van der Waals surface area contributed by atoms with E-state index in [2.05, 4.69) is 16.3 Å². The summed E-state index contributed by atoms with van der Waals surface area (Å²) in [7, 11) is 0. The molecular weight excluding hydrogens is 470 g/mol. The lowest BCUT2D eigenvalue weighted by atomic mass is 9.86. The second-order valence-corrected chi connectivity index (χ2v) is 9.67. The Labute approximate surface area is 217 Å². The Kier molecular flexibility index (Phi) is 10.3. The highest BCUT2D eigenvalue weighted by molar-refractivity contribution is 5.94. The van der Waals surface area contributed by atoms with Crippen LogP contribution in [0.15, 0.2) is 54.6 Å². The largest absolute Gasteiger partial charge is 0.370 e. The van der Waals surface area contributed by atoms with Crippen LogP contribution in [-0.4, -0.2) is 47.0 Å². The number of primary amides is 2. The SMILES string of the molecule is NCCCC[C@H](CC(=O)[C@@H]1Cc2ccccc2CN1Cc1ccccc1)C(=O)N[C@@H](CC(N)=O)C(N)=O. The molecule has 37 heavy (non-hydrogen) atoms. The normalized spacial score (nSPS) is 16.8. The first-order chi connectivity index (χ1) is 17.8. The summed E-state index contributed by atoms with van der Waals surface area (Å²) in [6.07, 6.45) is 1.96. The molecule has 0 spiro atoms. The van der Waals surface area contributed by atoms with Crippen LogP contribution < -0.4 is 22.5 Å². The lowest BCUT2D eigenvalue weighted by molar-refractivity contribution is -0.135. The zero-order chi connectivity index (χ0) is 26.8. The standard InChI is InChI=1S/C28H37N5O4/c29-13-7-6-11-21(28(37)32-23(27(31)36)16-26(30)35)15-25(34)24-14-20-10-4-5-12-22(20)18-33(24)17-19-8-2-1-3-9-19/h1-5,8-10,12,21,23-24H,6-7,11,13-18,29H2,(H2,30,35)(H2,31,36)(H,32,37)/t21-,23+,24+/m1/s1. The van der Waals surface area contributed by atoms with Gasteiger partial charge in [0.25, 0.3) is 0 Å². The predicted octanol–water partition coefficient (Wildman–Crippen LogP) is 1.16. The molecule has 0 radical (unpaired) electrons. The molecule has 3 atom stereocenters. The van der Waals surface area contributed by atoms with Gasteiger partial charge in [0.05, 0.1) is 12.5 Å². The molecule has 0 unspecified atom stereocenters. The number of Topliss-reactive ketones (excluding diaryl/α,β-unsaturated/α-hetero) is 1. The van der Waals surface area contributed by atoms with Crippen molar-refractivity contribution in [3.05, 3.63) is 71.3 Å². The summed E-state index contributed by atoms with van der Waals surface area (Å²) >= 11 is 0. The van der Waals surface area contributed by atoms with Crippen LogP contribution in [0.2, 0.25) is 0 Å². The number of nitrogens with zero attached hydrogens (tertiary/aromatic N) is 1. The van der Waals surface area contributed by atoms with E-state index in [0.29, 0.717) is 45.3 Å². The third kappa shape index (κ3) is 8.23. The van der Waals surface area contributed by atoms with Crippen LogP contribution in [0.25, 0.3) is 0 Å². The van der Waals surface area contributed by atoms with E-state index in [1.165, 1.54) is 5.56 Å². The molecule has 0 saturated heterocycles. The van der Waals surface area contributed by atoms with Gasteiger partial charge in [-0.05, 0) is 42.5 Å². The smallest absolute Gasteiger partial charge is 0.240 e. The molecule has 0 fully saturated rings. The fraction of sp³-hybridized carbons (Fsp3) is 0.429. The predicted molar refractivity (Wildman–Crippen MR) is 141 cm³/mol. The van der Waals surface area contributed by atoms with Crippen LogP contribution in [0.4, 0.5) is 0 Å². The average molecular weight is 508 g/mol. The van der Waals surface area contributed by atoms with Gasteiger partial charge >= 0.3 is 0 Å². The number of ketones is 1. The van der Waals surface area contributed by atoms with Gasteiger partial charge in [0.1, 0.15) is 6.04 Å². The molecule has 9 heteroatoms. The van der Waals surface area contributed by atoms with Crippen molar-refractivity contribution in [3.8, 4) is 0 Å². The van der Waals surface area contributed by atoms with Crippen molar-refractivity contribution < 1.29 is 19.2 Å². The molecule has 0 saturated carbocycles. The second kappa shape index (κ2) is 13.7. The Morgan fingerprint density at radius 2 is 1.59 bits per heavy atom.